The summed E-state index contributed by atoms with van der Waals surface area (Å²) in [5.74, 6) is 2.85. The van der Waals surface area contributed by atoms with E-state index < -0.39 is 0 Å². The van der Waals surface area contributed by atoms with E-state index in [9.17, 15) is 0 Å². The number of likely N-dealkylation sites (tertiary alicyclic amines) is 1. The summed E-state index contributed by atoms with van der Waals surface area (Å²) in [4.78, 5) is 22.2. The third-order valence-corrected chi connectivity index (χ3v) is 12.3. The van der Waals surface area contributed by atoms with E-state index in [2.05, 4.69) is 104 Å². The van der Waals surface area contributed by atoms with E-state index in [-0.39, 0.29) is 5.54 Å². The zero-order valence-electron chi connectivity index (χ0n) is 35.0. The summed E-state index contributed by atoms with van der Waals surface area (Å²) in [5, 5.41) is 6.60. The Balaban J connectivity index is 0.000000640. The molecule has 5 heterocycles. The summed E-state index contributed by atoms with van der Waals surface area (Å²) in [7, 11) is 1.83. The van der Waals surface area contributed by atoms with E-state index in [0.29, 0.717) is 18.1 Å². The number of piperazine rings is 1. The van der Waals surface area contributed by atoms with Crippen LogP contribution in [0.2, 0.25) is 0 Å². The highest BCUT2D eigenvalue weighted by atomic mass is 16.5. The fraction of sp³-hybridized carbons (Fsp3) is 0.652. The van der Waals surface area contributed by atoms with Crippen molar-refractivity contribution in [3.63, 3.8) is 0 Å². The number of aryl methyl sites for hydroxylation is 1. The average Bonchev–Trinajstić information content (AvgIpc) is 3.86. The molecule has 0 radical (unpaired) electrons. The molecule has 0 spiro atoms. The predicted octanol–water partition coefficient (Wildman–Crippen LogP) is 8.93. The molecule has 0 aromatic heterocycles. The first-order chi connectivity index (χ1) is 26.2. The SMILES string of the molecule is CC/C=C(/N=C(\C1=C(C)CN(c2cccc3cccc(CC)c23)CC1)N1CC2CCC(C1)N2)OCC12CCCN1[C@@H](COC)CC2.CC=O.CCC(C)C. The van der Waals surface area contributed by atoms with Crippen molar-refractivity contribution in [3.05, 3.63) is 65.1 Å². The number of hydrogen-bond donors (Lipinski definition) is 1. The van der Waals surface area contributed by atoms with E-state index in [1.54, 1.807) is 0 Å². The van der Waals surface area contributed by atoms with E-state index in [1.807, 2.05) is 7.11 Å². The van der Waals surface area contributed by atoms with Crippen LogP contribution in [0.4, 0.5) is 5.69 Å². The van der Waals surface area contributed by atoms with Gasteiger partial charge in [0.25, 0.3) is 0 Å². The normalized spacial score (nSPS) is 25.8. The second-order valence-corrected chi connectivity index (χ2v) is 16.5. The van der Waals surface area contributed by atoms with Crippen LogP contribution in [0.5, 0.6) is 0 Å². The van der Waals surface area contributed by atoms with Crippen molar-refractivity contribution in [1.29, 1.82) is 0 Å². The Labute approximate surface area is 327 Å². The number of fused-ring (bicyclic) bond motifs is 4. The molecule has 2 bridgehead atoms. The summed E-state index contributed by atoms with van der Waals surface area (Å²) in [5.41, 5.74) is 5.76. The number of hydrogen-bond acceptors (Lipinski definition) is 7. The topological polar surface area (TPSA) is 69.6 Å². The molecule has 5 aliphatic heterocycles. The van der Waals surface area contributed by atoms with Crippen molar-refractivity contribution in [1.82, 2.24) is 15.1 Å². The maximum absolute atomic E-state index is 8.81. The molecular formula is C46H71N5O3. The number of amidine groups is 1. The predicted molar refractivity (Wildman–Crippen MR) is 227 cm³/mol. The van der Waals surface area contributed by atoms with Crippen LogP contribution < -0.4 is 10.2 Å². The van der Waals surface area contributed by atoms with Gasteiger partial charge in [0.05, 0.1) is 12.1 Å². The minimum atomic E-state index is 0.121. The van der Waals surface area contributed by atoms with Gasteiger partial charge in [-0.05, 0) is 118 Å². The average molecular weight is 742 g/mol. The molecule has 4 atom stereocenters. The highest BCUT2D eigenvalue weighted by Gasteiger charge is 2.49. The van der Waals surface area contributed by atoms with Crippen LogP contribution >= 0.6 is 0 Å². The van der Waals surface area contributed by atoms with Gasteiger partial charge < -0.3 is 29.4 Å². The number of rotatable bonds is 11. The van der Waals surface area contributed by atoms with Crippen molar-refractivity contribution in [2.45, 2.75) is 136 Å². The molecule has 2 aromatic rings. The van der Waals surface area contributed by atoms with Crippen LogP contribution in [-0.4, -0.2) is 98.6 Å². The molecule has 0 saturated carbocycles. The second kappa shape index (κ2) is 20.1. The van der Waals surface area contributed by atoms with E-state index in [4.69, 9.17) is 19.3 Å². The second-order valence-electron chi connectivity index (χ2n) is 16.5. The Morgan fingerprint density at radius 2 is 1.74 bits per heavy atom. The minimum Gasteiger partial charge on any atom is -0.476 e. The lowest BCUT2D eigenvalue weighted by Gasteiger charge is -2.39. The standard InChI is InChI=1S/C39H55N5O2.C5H12.C2H4O/c1-5-10-36(46-27-39-19-9-21-44(39)33(17-20-39)26-45-4)41-38(43-24-31-15-16-32(25-43)40-31)34-18-22-42(23-28(34)3)35-14-8-13-30-12-7-11-29(6-2)37(30)35;1-4-5(2)3;1-2-3/h7-8,10-14,31-33,40H,5-6,9,15-27H2,1-4H3;5H,4H2,1-3H3;2H,1H3/b36-10-,41-38+;;/t31?,32?,33-,39?;;/m1../s1. The summed E-state index contributed by atoms with van der Waals surface area (Å²) >= 11 is 0. The van der Waals surface area contributed by atoms with Crippen LogP contribution in [0.25, 0.3) is 10.8 Å². The number of aldehydes is 1. The van der Waals surface area contributed by atoms with E-state index >= 15 is 0 Å². The quantitative estimate of drug-likeness (QED) is 0.107. The Bertz CT molecular complexity index is 1600. The van der Waals surface area contributed by atoms with Gasteiger partial charge in [-0.2, -0.15) is 4.99 Å². The first-order valence-electron chi connectivity index (χ1n) is 21.2. The van der Waals surface area contributed by atoms with Crippen LogP contribution in [0.1, 0.15) is 112 Å². The molecule has 54 heavy (non-hydrogen) atoms. The van der Waals surface area contributed by atoms with Gasteiger partial charge in [0.15, 0.2) is 0 Å². The maximum Gasteiger partial charge on any atom is 0.211 e. The number of carbonyl (C=O) groups excluding carboxylic acids is 1. The number of ether oxygens (including phenoxy) is 2. The summed E-state index contributed by atoms with van der Waals surface area (Å²) in [6, 6.07) is 15.2. The Morgan fingerprint density at radius 1 is 1.04 bits per heavy atom. The van der Waals surface area contributed by atoms with Gasteiger partial charge in [-0.1, -0.05) is 71.4 Å². The zero-order chi connectivity index (χ0) is 38.7. The Morgan fingerprint density at radius 3 is 2.37 bits per heavy atom. The molecule has 8 nitrogen and oxygen atoms in total. The fourth-order valence-corrected chi connectivity index (χ4v) is 9.29. The molecule has 7 rings (SSSR count). The molecule has 4 fully saturated rings. The zero-order valence-corrected chi connectivity index (χ0v) is 35.0. The monoisotopic (exact) mass is 742 g/mol. The first kappa shape index (κ1) is 42.0. The van der Waals surface area contributed by atoms with Gasteiger partial charge in [-0.3, -0.25) is 4.90 Å². The van der Waals surface area contributed by atoms with Crippen molar-refractivity contribution in [2.24, 2.45) is 10.9 Å². The minimum absolute atomic E-state index is 0.121. The van der Waals surface area contributed by atoms with Crippen molar-refractivity contribution < 1.29 is 14.3 Å². The smallest absolute Gasteiger partial charge is 0.211 e. The van der Waals surface area contributed by atoms with E-state index in [0.717, 1.165) is 89.1 Å². The first-order valence-corrected chi connectivity index (χ1v) is 21.2. The molecule has 2 aromatic carbocycles. The number of anilines is 1. The van der Waals surface area contributed by atoms with Gasteiger partial charge in [-0.25, -0.2) is 0 Å². The van der Waals surface area contributed by atoms with Gasteiger partial charge >= 0.3 is 0 Å². The highest BCUT2D eigenvalue weighted by Crippen LogP contribution is 2.43. The summed E-state index contributed by atoms with van der Waals surface area (Å²) in [6.45, 7) is 21.6. The van der Waals surface area contributed by atoms with Gasteiger partial charge in [-0.15, -0.1) is 0 Å². The maximum atomic E-state index is 8.81. The number of carbonyl (C=O) groups is 1. The number of aliphatic imine (C=N–C) groups is 1. The molecule has 0 amide bonds. The summed E-state index contributed by atoms with van der Waals surface area (Å²) in [6.07, 6.45) is 14.6. The van der Waals surface area contributed by atoms with Gasteiger partial charge in [0, 0.05) is 62.5 Å². The molecule has 0 aliphatic carbocycles. The number of methoxy groups -OCH3 is 1. The molecule has 298 valence electrons. The summed E-state index contributed by atoms with van der Waals surface area (Å²) < 4.78 is 12.4. The lowest BCUT2D eigenvalue weighted by Crippen LogP contribution is -2.54. The lowest BCUT2D eigenvalue weighted by atomic mass is 9.95. The van der Waals surface area contributed by atoms with Gasteiger partial charge in [0.1, 0.15) is 18.7 Å². The Kier molecular flexibility index (Phi) is 15.6. The van der Waals surface area contributed by atoms with E-state index in [1.165, 1.54) is 85.0 Å². The molecular weight excluding hydrogens is 671 g/mol. The molecule has 5 aliphatic rings. The third kappa shape index (κ3) is 9.96. The number of benzene rings is 2. The fourth-order valence-electron chi connectivity index (χ4n) is 9.29. The number of nitrogens with one attached hydrogen (secondary N) is 1. The lowest BCUT2D eigenvalue weighted by molar-refractivity contribution is -0.106. The molecule has 8 heteroatoms. The van der Waals surface area contributed by atoms with Crippen LogP contribution in [-0.2, 0) is 20.7 Å². The van der Waals surface area contributed by atoms with Gasteiger partial charge in [0.2, 0.25) is 5.88 Å². The van der Waals surface area contributed by atoms with Crippen molar-refractivity contribution in [2.75, 3.05) is 57.9 Å². The molecule has 1 N–H and O–H groups in total. The van der Waals surface area contributed by atoms with Crippen LogP contribution in [0.15, 0.2) is 64.5 Å². The van der Waals surface area contributed by atoms with Crippen molar-refractivity contribution >= 4 is 28.6 Å². The van der Waals surface area contributed by atoms with Crippen LogP contribution in [0.3, 0.4) is 0 Å². The molecule has 4 saturated heterocycles. The Hall–Kier alpha value is -3.20. The van der Waals surface area contributed by atoms with Crippen LogP contribution in [0, 0.1) is 5.92 Å². The number of allylic oxidation sites excluding steroid dienone is 1. The molecule has 3 unspecified atom stereocenters. The largest absolute Gasteiger partial charge is 0.476 e. The number of nitrogens with zero attached hydrogens (tertiary/aromatic N) is 4. The van der Waals surface area contributed by atoms with Crippen molar-refractivity contribution in [3.8, 4) is 0 Å². The highest BCUT2D eigenvalue weighted by molar-refractivity contribution is 6.01. The third-order valence-electron chi connectivity index (χ3n) is 12.3.